The predicted molar refractivity (Wildman–Crippen MR) is 87.4 cm³/mol. The number of methoxy groups -OCH3 is 1. The van der Waals surface area contributed by atoms with Gasteiger partial charge >= 0.3 is 0 Å². The molecule has 0 radical (unpaired) electrons. The van der Waals surface area contributed by atoms with Gasteiger partial charge in [-0.3, -0.25) is 0 Å². The maximum Gasteiger partial charge on any atom is 0.162 e. The van der Waals surface area contributed by atoms with Crippen molar-refractivity contribution < 1.29 is 9.47 Å². The highest BCUT2D eigenvalue weighted by Crippen LogP contribution is 2.30. The molecule has 0 aliphatic carbocycles. The van der Waals surface area contributed by atoms with Gasteiger partial charge in [0, 0.05) is 18.3 Å². The van der Waals surface area contributed by atoms with Crippen molar-refractivity contribution in [3.8, 4) is 11.5 Å². The van der Waals surface area contributed by atoms with E-state index < -0.39 is 0 Å². The number of ether oxygens (including phenoxy) is 2. The topological polar surface area (TPSA) is 30.5 Å². The van der Waals surface area contributed by atoms with Crippen molar-refractivity contribution in [3.63, 3.8) is 0 Å². The summed E-state index contributed by atoms with van der Waals surface area (Å²) in [4.78, 5) is 0. The summed E-state index contributed by atoms with van der Waals surface area (Å²) in [5, 5.41) is 3.41. The van der Waals surface area contributed by atoms with Crippen molar-refractivity contribution in [2.75, 3.05) is 19.0 Å². The fourth-order valence-corrected chi connectivity index (χ4v) is 2.12. The number of hydrogen-bond acceptors (Lipinski definition) is 3. The molecule has 0 spiro atoms. The molecule has 0 bridgehead atoms. The van der Waals surface area contributed by atoms with Crippen molar-refractivity contribution >= 4 is 5.69 Å². The third-order valence-electron chi connectivity index (χ3n) is 3.11. The monoisotopic (exact) mass is 285 g/mol. The molecule has 0 saturated heterocycles. The summed E-state index contributed by atoms with van der Waals surface area (Å²) < 4.78 is 11.1. The van der Waals surface area contributed by atoms with Gasteiger partial charge in [0.1, 0.15) is 0 Å². The predicted octanol–water partition coefficient (Wildman–Crippen LogP) is 4.14. The molecule has 0 fully saturated rings. The number of nitrogens with one attached hydrogen (secondary N) is 1. The molecule has 2 rings (SSSR count). The standard InChI is InChI=1S/C18H23NO2/c1-14(2)21-17-10-9-16(13-18(17)20-3)19-12-11-15-7-5-4-6-8-15/h4-10,13-14,19H,11-12H2,1-3H3. The smallest absolute Gasteiger partial charge is 0.162 e. The van der Waals surface area contributed by atoms with Gasteiger partial charge < -0.3 is 14.8 Å². The SMILES string of the molecule is COc1cc(NCCc2ccccc2)ccc1OC(C)C. The van der Waals surface area contributed by atoms with Crippen LogP contribution in [-0.4, -0.2) is 19.8 Å². The van der Waals surface area contributed by atoms with E-state index in [0.29, 0.717) is 0 Å². The summed E-state index contributed by atoms with van der Waals surface area (Å²) in [6.45, 7) is 4.90. The first kappa shape index (κ1) is 15.2. The lowest BCUT2D eigenvalue weighted by atomic mass is 10.1. The number of hydrogen-bond donors (Lipinski definition) is 1. The highest BCUT2D eigenvalue weighted by molar-refractivity contribution is 5.54. The Labute approximate surface area is 126 Å². The minimum atomic E-state index is 0.135. The van der Waals surface area contributed by atoms with Crippen LogP contribution in [-0.2, 0) is 6.42 Å². The molecule has 0 atom stereocenters. The zero-order chi connectivity index (χ0) is 15.1. The Morgan fingerprint density at radius 3 is 2.43 bits per heavy atom. The average Bonchev–Trinajstić information content (AvgIpc) is 2.49. The summed E-state index contributed by atoms with van der Waals surface area (Å²) in [5.41, 5.74) is 2.37. The zero-order valence-electron chi connectivity index (χ0n) is 12.9. The second kappa shape index (κ2) is 7.58. The maximum atomic E-state index is 5.71. The first-order valence-electron chi connectivity index (χ1n) is 7.31. The van der Waals surface area contributed by atoms with Gasteiger partial charge in [-0.05, 0) is 38.0 Å². The van der Waals surface area contributed by atoms with Crippen LogP contribution in [0.3, 0.4) is 0 Å². The molecule has 1 N–H and O–H groups in total. The van der Waals surface area contributed by atoms with E-state index in [0.717, 1.165) is 30.2 Å². The Kier molecular flexibility index (Phi) is 5.50. The van der Waals surface area contributed by atoms with Gasteiger partial charge in [-0.25, -0.2) is 0 Å². The number of anilines is 1. The lowest BCUT2D eigenvalue weighted by Crippen LogP contribution is -2.08. The van der Waals surface area contributed by atoms with Crippen molar-refractivity contribution in [3.05, 3.63) is 54.1 Å². The summed E-state index contributed by atoms with van der Waals surface area (Å²) in [5.74, 6) is 1.54. The van der Waals surface area contributed by atoms with Crippen LogP contribution in [0.4, 0.5) is 5.69 Å². The fourth-order valence-electron chi connectivity index (χ4n) is 2.12. The molecule has 21 heavy (non-hydrogen) atoms. The van der Waals surface area contributed by atoms with E-state index in [1.165, 1.54) is 5.56 Å². The third-order valence-corrected chi connectivity index (χ3v) is 3.11. The molecule has 0 aliphatic rings. The minimum absolute atomic E-state index is 0.135. The number of benzene rings is 2. The normalized spacial score (nSPS) is 10.5. The Balaban J connectivity index is 1.94. The van der Waals surface area contributed by atoms with Crippen LogP contribution in [0, 0.1) is 0 Å². The van der Waals surface area contributed by atoms with E-state index >= 15 is 0 Å². The molecule has 0 aliphatic heterocycles. The van der Waals surface area contributed by atoms with Crippen molar-refractivity contribution in [2.45, 2.75) is 26.4 Å². The van der Waals surface area contributed by atoms with E-state index in [9.17, 15) is 0 Å². The molecular weight excluding hydrogens is 262 g/mol. The summed E-state index contributed by atoms with van der Waals surface area (Å²) in [6, 6.07) is 16.4. The lowest BCUT2D eigenvalue weighted by molar-refractivity contribution is 0.230. The van der Waals surface area contributed by atoms with Gasteiger partial charge in [-0.15, -0.1) is 0 Å². The lowest BCUT2D eigenvalue weighted by Gasteiger charge is -2.15. The quantitative estimate of drug-likeness (QED) is 0.829. The van der Waals surface area contributed by atoms with Gasteiger partial charge in [-0.2, -0.15) is 0 Å². The molecular formula is C18H23NO2. The van der Waals surface area contributed by atoms with Crippen LogP contribution in [0.2, 0.25) is 0 Å². The van der Waals surface area contributed by atoms with Crippen LogP contribution in [0.25, 0.3) is 0 Å². The average molecular weight is 285 g/mol. The van der Waals surface area contributed by atoms with Crippen molar-refractivity contribution in [2.24, 2.45) is 0 Å². The van der Waals surface area contributed by atoms with E-state index in [2.05, 4.69) is 29.6 Å². The van der Waals surface area contributed by atoms with E-state index in [4.69, 9.17) is 9.47 Å². The highest BCUT2D eigenvalue weighted by Gasteiger charge is 2.07. The van der Waals surface area contributed by atoms with Crippen LogP contribution in [0.1, 0.15) is 19.4 Å². The van der Waals surface area contributed by atoms with Gasteiger partial charge in [0.25, 0.3) is 0 Å². The van der Waals surface area contributed by atoms with Crippen molar-refractivity contribution in [1.29, 1.82) is 0 Å². The van der Waals surface area contributed by atoms with Crippen LogP contribution in [0.5, 0.6) is 11.5 Å². The Morgan fingerprint density at radius 2 is 1.76 bits per heavy atom. The second-order valence-electron chi connectivity index (χ2n) is 5.19. The zero-order valence-corrected chi connectivity index (χ0v) is 12.9. The van der Waals surface area contributed by atoms with Crippen LogP contribution in [0.15, 0.2) is 48.5 Å². The molecule has 0 amide bonds. The first-order chi connectivity index (χ1) is 10.2. The Hall–Kier alpha value is -2.16. The van der Waals surface area contributed by atoms with Gasteiger partial charge in [0.2, 0.25) is 0 Å². The van der Waals surface area contributed by atoms with Crippen molar-refractivity contribution in [1.82, 2.24) is 0 Å². The molecule has 0 heterocycles. The molecule has 2 aromatic rings. The number of rotatable bonds is 7. The van der Waals surface area contributed by atoms with E-state index in [1.807, 2.05) is 38.1 Å². The molecule has 112 valence electrons. The minimum Gasteiger partial charge on any atom is -0.493 e. The molecule has 0 unspecified atom stereocenters. The highest BCUT2D eigenvalue weighted by atomic mass is 16.5. The largest absolute Gasteiger partial charge is 0.493 e. The summed E-state index contributed by atoms with van der Waals surface area (Å²) >= 11 is 0. The molecule has 0 saturated carbocycles. The summed E-state index contributed by atoms with van der Waals surface area (Å²) in [6.07, 6.45) is 1.13. The third kappa shape index (κ3) is 4.71. The molecule has 3 nitrogen and oxygen atoms in total. The summed E-state index contributed by atoms with van der Waals surface area (Å²) in [7, 11) is 1.66. The van der Waals surface area contributed by atoms with Crippen LogP contribution < -0.4 is 14.8 Å². The second-order valence-corrected chi connectivity index (χ2v) is 5.19. The molecule has 2 aromatic carbocycles. The van der Waals surface area contributed by atoms with Gasteiger partial charge in [-0.1, -0.05) is 30.3 Å². The maximum absolute atomic E-state index is 5.71. The fraction of sp³-hybridized carbons (Fsp3) is 0.333. The molecule has 3 heteroatoms. The van der Waals surface area contributed by atoms with Gasteiger partial charge in [0.05, 0.1) is 13.2 Å². The van der Waals surface area contributed by atoms with Gasteiger partial charge in [0.15, 0.2) is 11.5 Å². The first-order valence-corrected chi connectivity index (χ1v) is 7.31. The Bertz CT molecular complexity index is 552. The molecule has 0 aromatic heterocycles. The van der Waals surface area contributed by atoms with E-state index in [-0.39, 0.29) is 6.10 Å². The van der Waals surface area contributed by atoms with E-state index in [1.54, 1.807) is 7.11 Å². The Morgan fingerprint density at radius 1 is 1.00 bits per heavy atom. The van der Waals surface area contributed by atoms with Crippen LogP contribution >= 0.6 is 0 Å².